The van der Waals surface area contributed by atoms with Crippen LogP contribution in [0.15, 0.2) is 42.5 Å². The number of alkyl halides is 3. The average molecular weight is 436 g/mol. The van der Waals surface area contributed by atoms with Crippen molar-refractivity contribution in [2.24, 2.45) is 5.92 Å². The average Bonchev–Trinajstić information content (AvgIpc) is 2.70. The number of hydrogen-bond acceptors (Lipinski definition) is 4. The molecule has 1 atom stereocenters. The van der Waals surface area contributed by atoms with E-state index in [0.717, 1.165) is 12.1 Å². The van der Waals surface area contributed by atoms with Crippen LogP contribution in [0, 0.1) is 5.92 Å². The zero-order chi connectivity index (χ0) is 22.6. The van der Waals surface area contributed by atoms with E-state index in [1.54, 1.807) is 23.1 Å². The molecule has 0 fully saturated rings. The van der Waals surface area contributed by atoms with Gasteiger partial charge >= 0.3 is 6.18 Å². The molecular weight excluding hydrogens is 413 g/mol. The fraction of sp³-hybridized carbons (Fsp3) is 0.364. The van der Waals surface area contributed by atoms with E-state index in [1.165, 1.54) is 12.1 Å². The molecule has 1 heterocycles. The molecule has 2 aromatic carbocycles. The summed E-state index contributed by atoms with van der Waals surface area (Å²) in [6.07, 6.45) is -4.57. The first-order valence-corrected chi connectivity index (χ1v) is 9.81. The number of β-amino-alcohol motifs (C(OH)–C–C–N with tert-alkyl or cyclic N) is 1. The lowest BCUT2D eigenvalue weighted by molar-refractivity contribution is -0.137. The number of ether oxygens (including phenoxy) is 1. The summed E-state index contributed by atoms with van der Waals surface area (Å²) in [7, 11) is 0. The van der Waals surface area contributed by atoms with Crippen molar-refractivity contribution in [3.63, 3.8) is 0 Å². The van der Waals surface area contributed by atoms with Gasteiger partial charge in [0, 0.05) is 19.0 Å². The third-order valence-corrected chi connectivity index (χ3v) is 4.87. The first kappa shape index (κ1) is 22.6. The molecule has 0 aromatic heterocycles. The molecule has 2 amide bonds. The number of amides is 2. The molecule has 2 N–H and O–H groups in total. The summed E-state index contributed by atoms with van der Waals surface area (Å²) in [4.78, 5) is 26.9. The van der Waals surface area contributed by atoms with Crippen LogP contribution in [-0.4, -0.2) is 48.1 Å². The molecule has 0 radical (unpaired) electrons. The molecule has 166 valence electrons. The lowest BCUT2D eigenvalue weighted by atomic mass is 10.1. The summed E-state index contributed by atoms with van der Waals surface area (Å²) in [6.45, 7) is 2.68. The van der Waals surface area contributed by atoms with Gasteiger partial charge in [0.15, 0.2) is 5.75 Å². The summed E-state index contributed by atoms with van der Waals surface area (Å²) in [5.41, 5.74) is 0.215. The fourth-order valence-corrected chi connectivity index (χ4v) is 3.37. The normalized spacial score (nSPS) is 16.7. The number of anilines is 1. The Morgan fingerprint density at radius 3 is 2.58 bits per heavy atom. The van der Waals surface area contributed by atoms with E-state index in [9.17, 15) is 27.9 Å². The lowest BCUT2D eigenvalue weighted by Gasteiger charge is -2.30. The molecule has 2 aromatic rings. The highest BCUT2D eigenvalue weighted by molar-refractivity contribution is 6.01. The van der Waals surface area contributed by atoms with Crippen LogP contribution in [0.3, 0.4) is 0 Å². The predicted octanol–water partition coefficient (Wildman–Crippen LogP) is 3.35. The Hall–Kier alpha value is -3.07. The molecule has 31 heavy (non-hydrogen) atoms. The highest BCUT2D eigenvalue weighted by atomic mass is 19.4. The van der Waals surface area contributed by atoms with Gasteiger partial charge < -0.3 is 20.1 Å². The Labute approximate surface area is 177 Å². The number of hydrogen-bond donors (Lipinski definition) is 2. The molecule has 1 aliphatic heterocycles. The van der Waals surface area contributed by atoms with Crippen LogP contribution in [-0.2, 0) is 17.4 Å². The van der Waals surface area contributed by atoms with Gasteiger partial charge in [-0.25, -0.2) is 0 Å². The number of rotatable bonds is 5. The minimum absolute atomic E-state index is 0.0135. The van der Waals surface area contributed by atoms with Gasteiger partial charge in [-0.2, -0.15) is 13.2 Å². The quantitative estimate of drug-likeness (QED) is 0.754. The highest BCUT2D eigenvalue weighted by Crippen LogP contribution is 2.33. The second-order valence-electron chi connectivity index (χ2n) is 7.49. The van der Waals surface area contributed by atoms with Gasteiger partial charge in [0.2, 0.25) is 5.91 Å². The van der Waals surface area contributed by atoms with Crippen LogP contribution in [0.25, 0.3) is 0 Å². The predicted molar refractivity (Wildman–Crippen MR) is 108 cm³/mol. The van der Waals surface area contributed by atoms with Gasteiger partial charge in [0.25, 0.3) is 5.91 Å². The summed E-state index contributed by atoms with van der Waals surface area (Å²) in [6, 6.07) is 9.16. The second-order valence-corrected chi connectivity index (χ2v) is 7.49. The van der Waals surface area contributed by atoms with Crippen molar-refractivity contribution in [1.29, 1.82) is 0 Å². The van der Waals surface area contributed by atoms with Crippen molar-refractivity contribution in [2.75, 3.05) is 31.6 Å². The van der Waals surface area contributed by atoms with Gasteiger partial charge in [0.05, 0.1) is 36.4 Å². The van der Waals surface area contributed by atoms with Crippen LogP contribution >= 0.6 is 0 Å². The maximum absolute atomic E-state index is 12.9. The first-order valence-electron chi connectivity index (χ1n) is 9.81. The molecule has 0 aliphatic carbocycles. The smallest absolute Gasteiger partial charge is 0.416 e. The van der Waals surface area contributed by atoms with Gasteiger partial charge in [-0.1, -0.05) is 25.1 Å². The Morgan fingerprint density at radius 2 is 1.94 bits per heavy atom. The van der Waals surface area contributed by atoms with Crippen LogP contribution in [0.2, 0.25) is 0 Å². The molecule has 9 heteroatoms. The number of carbonyl (C=O) groups is 2. The number of aliphatic hydroxyl groups is 1. The molecular formula is C22H23F3N2O4. The van der Waals surface area contributed by atoms with Gasteiger partial charge in [-0.05, 0) is 29.8 Å². The SMILES string of the molecule is C[C@H]1COc2c(NC(=O)Cc3ccc(C(F)(F)F)cc3)cccc2C(=O)N(CCO)C1. The lowest BCUT2D eigenvalue weighted by Crippen LogP contribution is -2.40. The Morgan fingerprint density at radius 1 is 1.23 bits per heavy atom. The largest absolute Gasteiger partial charge is 0.490 e. The number of aliphatic hydroxyl groups excluding tert-OH is 1. The van der Waals surface area contributed by atoms with E-state index in [4.69, 9.17) is 4.74 Å². The standard InChI is InChI=1S/C22H23F3N2O4/c1-14-12-27(9-10-28)21(30)17-3-2-4-18(20(17)31-13-14)26-19(29)11-15-5-7-16(8-6-15)22(23,24)25/h2-8,14,28H,9-13H2,1H3,(H,26,29)/t14-/m1/s1. The molecule has 6 nitrogen and oxygen atoms in total. The highest BCUT2D eigenvalue weighted by Gasteiger charge is 2.30. The summed E-state index contributed by atoms with van der Waals surface area (Å²) in [5, 5.41) is 12.0. The minimum atomic E-state index is -4.44. The molecule has 3 rings (SSSR count). The Kier molecular flexibility index (Phi) is 6.84. The molecule has 0 bridgehead atoms. The molecule has 1 aliphatic rings. The fourth-order valence-electron chi connectivity index (χ4n) is 3.37. The van der Waals surface area contributed by atoms with E-state index in [1.807, 2.05) is 6.92 Å². The maximum atomic E-state index is 12.9. The number of para-hydroxylation sites is 1. The summed E-state index contributed by atoms with van der Waals surface area (Å²) >= 11 is 0. The molecule has 0 saturated heterocycles. The Bertz CT molecular complexity index is 945. The minimum Gasteiger partial charge on any atom is -0.490 e. The number of nitrogens with zero attached hydrogens (tertiary/aromatic N) is 1. The zero-order valence-corrected chi connectivity index (χ0v) is 16.9. The first-order chi connectivity index (χ1) is 14.7. The monoisotopic (exact) mass is 436 g/mol. The number of benzene rings is 2. The van der Waals surface area contributed by atoms with Crippen molar-refractivity contribution in [1.82, 2.24) is 4.90 Å². The van der Waals surface area contributed by atoms with Crippen LogP contribution in [0.1, 0.15) is 28.4 Å². The zero-order valence-electron chi connectivity index (χ0n) is 16.9. The van der Waals surface area contributed by atoms with Gasteiger partial charge in [0.1, 0.15) is 0 Å². The van der Waals surface area contributed by atoms with Crippen LogP contribution < -0.4 is 10.1 Å². The van der Waals surface area contributed by atoms with E-state index in [-0.39, 0.29) is 42.7 Å². The summed E-state index contributed by atoms with van der Waals surface area (Å²) < 4.78 is 43.9. The van der Waals surface area contributed by atoms with Crippen molar-refractivity contribution >= 4 is 17.5 Å². The van der Waals surface area contributed by atoms with Crippen molar-refractivity contribution in [2.45, 2.75) is 19.5 Å². The van der Waals surface area contributed by atoms with Crippen LogP contribution in [0.4, 0.5) is 18.9 Å². The third-order valence-electron chi connectivity index (χ3n) is 4.87. The van der Waals surface area contributed by atoms with Crippen LogP contribution in [0.5, 0.6) is 5.75 Å². The maximum Gasteiger partial charge on any atom is 0.416 e. The molecule has 0 saturated carbocycles. The van der Waals surface area contributed by atoms with Crippen molar-refractivity contribution in [3.05, 3.63) is 59.2 Å². The number of nitrogens with one attached hydrogen (secondary N) is 1. The number of fused-ring (bicyclic) bond motifs is 1. The van der Waals surface area contributed by atoms with E-state index >= 15 is 0 Å². The topological polar surface area (TPSA) is 78.9 Å². The summed E-state index contributed by atoms with van der Waals surface area (Å²) in [5.74, 6) is -0.511. The second kappa shape index (κ2) is 9.38. The number of carbonyl (C=O) groups excluding carboxylic acids is 2. The third kappa shape index (κ3) is 5.55. The molecule has 0 spiro atoms. The van der Waals surface area contributed by atoms with E-state index < -0.39 is 17.6 Å². The van der Waals surface area contributed by atoms with E-state index in [0.29, 0.717) is 24.4 Å². The van der Waals surface area contributed by atoms with Crippen molar-refractivity contribution < 1.29 is 32.6 Å². The van der Waals surface area contributed by atoms with Gasteiger partial charge in [-0.3, -0.25) is 9.59 Å². The molecule has 0 unspecified atom stereocenters. The van der Waals surface area contributed by atoms with Crippen molar-refractivity contribution in [3.8, 4) is 5.75 Å². The van der Waals surface area contributed by atoms with E-state index in [2.05, 4.69) is 5.32 Å². The Balaban J connectivity index is 1.79. The van der Waals surface area contributed by atoms with Gasteiger partial charge in [-0.15, -0.1) is 0 Å². The number of halogens is 3.